The number of amides is 1. The summed E-state index contributed by atoms with van der Waals surface area (Å²) in [5.74, 6) is 0.611. The van der Waals surface area contributed by atoms with Gasteiger partial charge in [0.1, 0.15) is 23.6 Å². The monoisotopic (exact) mass is 470 g/mol. The van der Waals surface area contributed by atoms with Crippen LogP contribution in [-0.4, -0.2) is 58.2 Å². The van der Waals surface area contributed by atoms with Gasteiger partial charge in [0.05, 0.1) is 10.9 Å². The molecule has 1 atom stereocenters. The normalized spacial score (nSPS) is 16.1. The number of pyridine rings is 1. The van der Waals surface area contributed by atoms with Gasteiger partial charge in [-0.25, -0.2) is 21.3 Å². The molecule has 1 aliphatic heterocycles. The number of anilines is 1. The number of rotatable bonds is 4. The standard InChI is InChI=1S/C22H20Cl2N6O2/c1-14-18-17(11-26-19(14)23)20(28-21(24)27-18)29-8-9-30(16(12-29)10-25-2)22(31)32-13-15-6-4-3-5-7-15/h3-7,11,16H,8-10,12-13H2,1H3/t16-/m0/s1. The topological polar surface area (TPSA) is 75.8 Å². The summed E-state index contributed by atoms with van der Waals surface area (Å²) in [7, 11) is 0. The van der Waals surface area contributed by atoms with Crippen molar-refractivity contribution in [1.29, 1.82) is 0 Å². The molecule has 1 aromatic carbocycles. The van der Waals surface area contributed by atoms with Crippen molar-refractivity contribution in [3.05, 3.63) is 69.5 Å². The summed E-state index contributed by atoms with van der Waals surface area (Å²) in [6.07, 6.45) is 1.19. The maximum atomic E-state index is 12.8. The quantitative estimate of drug-likeness (QED) is 0.319. The molecule has 164 valence electrons. The van der Waals surface area contributed by atoms with E-state index < -0.39 is 6.09 Å². The SMILES string of the molecule is [C-]#[N+]C[C@H]1CN(c2nc(Cl)nc3c(C)c(Cl)ncc23)CCN1C(=O)OCc1ccccc1. The third kappa shape index (κ3) is 4.54. The van der Waals surface area contributed by atoms with Crippen molar-refractivity contribution in [2.24, 2.45) is 0 Å². The molecule has 32 heavy (non-hydrogen) atoms. The van der Waals surface area contributed by atoms with Crippen LogP contribution in [0.4, 0.5) is 10.6 Å². The van der Waals surface area contributed by atoms with Crippen molar-refractivity contribution < 1.29 is 9.53 Å². The highest BCUT2D eigenvalue weighted by atomic mass is 35.5. The molecule has 1 amide bonds. The molecule has 1 saturated heterocycles. The van der Waals surface area contributed by atoms with Gasteiger partial charge in [-0.15, -0.1) is 0 Å². The molecule has 3 heterocycles. The molecule has 0 saturated carbocycles. The van der Waals surface area contributed by atoms with Gasteiger partial charge < -0.3 is 14.5 Å². The molecule has 4 rings (SSSR count). The number of carbonyl (C=O) groups is 1. The molecule has 1 fully saturated rings. The minimum Gasteiger partial charge on any atom is -0.445 e. The lowest BCUT2D eigenvalue weighted by Gasteiger charge is -2.39. The van der Waals surface area contributed by atoms with Crippen LogP contribution >= 0.6 is 23.2 Å². The summed E-state index contributed by atoms with van der Waals surface area (Å²) in [6.45, 7) is 10.8. The van der Waals surface area contributed by atoms with E-state index in [0.717, 1.165) is 16.5 Å². The predicted octanol–water partition coefficient (Wildman–Crippen LogP) is 4.39. The highest BCUT2D eigenvalue weighted by Crippen LogP contribution is 2.31. The van der Waals surface area contributed by atoms with Crippen molar-refractivity contribution in [3.8, 4) is 0 Å². The van der Waals surface area contributed by atoms with E-state index in [1.807, 2.05) is 42.2 Å². The first-order valence-electron chi connectivity index (χ1n) is 10.0. The van der Waals surface area contributed by atoms with Gasteiger partial charge in [0, 0.05) is 31.4 Å². The van der Waals surface area contributed by atoms with Crippen LogP contribution in [0.15, 0.2) is 36.5 Å². The number of ether oxygens (including phenoxy) is 1. The molecule has 8 nitrogen and oxygen atoms in total. The predicted molar refractivity (Wildman–Crippen MR) is 123 cm³/mol. The lowest BCUT2D eigenvalue weighted by atomic mass is 10.1. The van der Waals surface area contributed by atoms with Crippen LogP contribution in [-0.2, 0) is 11.3 Å². The number of aryl methyl sites for hydroxylation is 1. The Hall–Kier alpha value is -3.15. The number of hydrogen-bond acceptors (Lipinski definition) is 6. The first-order valence-corrected chi connectivity index (χ1v) is 10.8. The second-order valence-electron chi connectivity index (χ2n) is 7.43. The molecule has 0 unspecified atom stereocenters. The number of piperazine rings is 1. The zero-order valence-electron chi connectivity index (χ0n) is 17.3. The Morgan fingerprint density at radius 3 is 2.78 bits per heavy atom. The summed E-state index contributed by atoms with van der Waals surface area (Å²) in [4.78, 5) is 32.9. The van der Waals surface area contributed by atoms with Gasteiger partial charge in [0.15, 0.2) is 0 Å². The smallest absolute Gasteiger partial charge is 0.410 e. The molecule has 0 spiro atoms. The van der Waals surface area contributed by atoms with Gasteiger partial charge in [-0.05, 0) is 24.1 Å². The van der Waals surface area contributed by atoms with E-state index in [-0.39, 0.29) is 24.5 Å². The van der Waals surface area contributed by atoms with Gasteiger partial charge >= 0.3 is 6.09 Å². The lowest BCUT2D eigenvalue weighted by molar-refractivity contribution is 0.0789. The maximum absolute atomic E-state index is 12.8. The molecular weight excluding hydrogens is 451 g/mol. The largest absolute Gasteiger partial charge is 0.445 e. The summed E-state index contributed by atoms with van der Waals surface area (Å²) >= 11 is 12.3. The molecule has 3 aromatic rings. The van der Waals surface area contributed by atoms with Gasteiger partial charge in [-0.3, -0.25) is 4.90 Å². The van der Waals surface area contributed by atoms with Gasteiger partial charge in [-0.2, -0.15) is 4.98 Å². The Morgan fingerprint density at radius 2 is 2.03 bits per heavy atom. The Kier molecular flexibility index (Phi) is 6.58. The van der Waals surface area contributed by atoms with E-state index in [1.54, 1.807) is 11.1 Å². The van der Waals surface area contributed by atoms with Crippen LogP contribution in [0, 0.1) is 13.5 Å². The van der Waals surface area contributed by atoms with Crippen LogP contribution in [0.25, 0.3) is 15.7 Å². The molecule has 10 heteroatoms. The fourth-order valence-corrected chi connectivity index (χ4v) is 4.05. The van der Waals surface area contributed by atoms with E-state index in [0.29, 0.717) is 36.1 Å². The van der Waals surface area contributed by atoms with E-state index in [2.05, 4.69) is 19.8 Å². The van der Waals surface area contributed by atoms with Crippen LogP contribution in [0.2, 0.25) is 10.4 Å². The highest BCUT2D eigenvalue weighted by Gasteiger charge is 2.35. The summed E-state index contributed by atoms with van der Waals surface area (Å²) in [5.41, 5.74) is 2.26. The Bertz CT molecular complexity index is 1180. The first-order chi connectivity index (χ1) is 15.5. The molecule has 0 bridgehead atoms. The molecule has 1 aliphatic rings. The van der Waals surface area contributed by atoms with E-state index in [4.69, 9.17) is 34.5 Å². The second kappa shape index (κ2) is 9.55. The maximum Gasteiger partial charge on any atom is 0.410 e. The van der Waals surface area contributed by atoms with Crippen molar-refractivity contribution in [1.82, 2.24) is 19.9 Å². The summed E-state index contributed by atoms with van der Waals surface area (Å²) in [5, 5.41) is 1.18. The number of benzene rings is 1. The molecule has 0 radical (unpaired) electrons. The highest BCUT2D eigenvalue weighted by molar-refractivity contribution is 6.31. The van der Waals surface area contributed by atoms with Gasteiger partial charge in [0.25, 0.3) is 0 Å². The summed E-state index contributed by atoms with van der Waals surface area (Å²) in [6, 6.07) is 9.14. The Labute approximate surface area is 195 Å². The first kappa shape index (κ1) is 22.1. The zero-order chi connectivity index (χ0) is 22.7. The molecule has 2 aromatic heterocycles. The average Bonchev–Trinajstić information content (AvgIpc) is 2.80. The number of nitrogens with zero attached hydrogens (tertiary/aromatic N) is 6. The number of halogens is 2. The van der Waals surface area contributed by atoms with Crippen LogP contribution in [0.5, 0.6) is 0 Å². The third-order valence-corrected chi connectivity index (χ3v) is 5.94. The Morgan fingerprint density at radius 1 is 1.25 bits per heavy atom. The van der Waals surface area contributed by atoms with Crippen molar-refractivity contribution in [2.45, 2.75) is 19.6 Å². The number of aromatic nitrogens is 3. The van der Waals surface area contributed by atoms with Gasteiger partial charge in [-0.1, -0.05) is 41.9 Å². The van der Waals surface area contributed by atoms with Gasteiger partial charge in [0.2, 0.25) is 11.8 Å². The van der Waals surface area contributed by atoms with Crippen LogP contribution < -0.4 is 4.90 Å². The minimum absolute atomic E-state index is 0.101. The number of hydrogen-bond donors (Lipinski definition) is 0. The fourth-order valence-electron chi connectivity index (χ4n) is 3.74. The number of carbonyl (C=O) groups excluding carboxylic acids is 1. The van der Waals surface area contributed by atoms with Crippen LogP contribution in [0.1, 0.15) is 11.1 Å². The molecule has 0 aliphatic carbocycles. The minimum atomic E-state index is -0.433. The lowest BCUT2D eigenvalue weighted by Crippen LogP contribution is -2.56. The molecular formula is C22H20Cl2N6O2. The Balaban J connectivity index is 1.55. The average molecular weight is 471 g/mol. The zero-order valence-corrected chi connectivity index (χ0v) is 18.8. The van der Waals surface area contributed by atoms with E-state index in [9.17, 15) is 4.79 Å². The number of fused-ring (bicyclic) bond motifs is 1. The van der Waals surface area contributed by atoms with Crippen molar-refractivity contribution >= 4 is 46.0 Å². The summed E-state index contributed by atoms with van der Waals surface area (Å²) < 4.78 is 5.50. The fraction of sp³-hybridized carbons (Fsp3) is 0.318. The van der Waals surface area contributed by atoms with Crippen molar-refractivity contribution in [2.75, 3.05) is 31.1 Å². The van der Waals surface area contributed by atoms with E-state index >= 15 is 0 Å². The van der Waals surface area contributed by atoms with Crippen LogP contribution in [0.3, 0.4) is 0 Å². The third-order valence-electron chi connectivity index (χ3n) is 5.39. The van der Waals surface area contributed by atoms with E-state index in [1.165, 1.54) is 0 Å². The second-order valence-corrected chi connectivity index (χ2v) is 8.12. The van der Waals surface area contributed by atoms with Crippen molar-refractivity contribution in [3.63, 3.8) is 0 Å². The molecule has 0 N–H and O–H groups in total.